The molecule has 314 valence electrons. The minimum absolute atomic E-state index is 0.176. The Morgan fingerprint density at radius 1 is 0.857 bits per heavy atom. The summed E-state index contributed by atoms with van der Waals surface area (Å²) in [5.41, 5.74) is 15.8. The van der Waals surface area contributed by atoms with Crippen molar-refractivity contribution in [2.75, 3.05) is 0 Å². The molecule has 0 amide bonds. The molecule has 2 heterocycles. The SMILES string of the molecule is C#C.C=NC(=NC(=NCc1ccc(-c2ccccc2)cc1C)C1=CCCC=C1)n1c(/C(=C\C)c2cccc(C3=C/C(C)/C=C/OC4=C(C=CCC4)\C(C)=C\3)c2)c(C)c2ccccc21. The van der Waals surface area contributed by atoms with Crippen LogP contribution in [0.5, 0.6) is 0 Å². The van der Waals surface area contributed by atoms with Gasteiger partial charge in [-0.15, -0.1) is 12.8 Å². The van der Waals surface area contributed by atoms with Gasteiger partial charge in [-0.1, -0.05) is 140 Å². The van der Waals surface area contributed by atoms with Gasteiger partial charge in [0, 0.05) is 28.5 Å². The summed E-state index contributed by atoms with van der Waals surface area (Å²) in [6.45, 7) is 15.5. The molecule has 1 aromatic heterocycles. The third-order valence-electron chi connectivity index (χ3n) is 11.8. The van der Waals surface area contributed by atoms with Gasteiger partial charge in [0.25, 0.3) is 0 Å². The number of para-hydroxylation sites is 1. The zero-order valence-corrected chi connectivity index (χ0v) is 37.2. The molecule has 0 spiro atoms. The van der Waals surface area contributed by atoms with Crippen LogP contribution in [0, 0.1) is 32.6 Å². The lowest BCUT2D eigenvalue weighted by Crippen LogP contribution is -2.16. The van der Waals surface area contributed by atoms with Crippen LogP contribution in [0.15, 0.2) is 195 Å². The highest BCUT2D eigenvalue weighted by Gasteiger charge is 2.23. The van der Waals surface area contributed by atoms with E-state index < -0.39 is 0 Å². The summed E-state index contributed by atoms with van der Waals surface area (Å²) in [6, 6.07) is 34.5. The van der Waals surface area contributed by atoms with Crippen LogP contribution >= 0.6 is 0 Å². The number of aryl methyl sites for hydroxylation is 2. The Kier molecular flexibility index (Phi) is 14.3. The van der Waals surface area contributed by atoms with Crippen LogP contribution < -0.4 is 0 Å². The summed E-state index contributed by atoms with van der Waals surface area (Å²) >= 11 is 0. The number of nitrogens with zero attached hydrogens (tertiary/aromatic N) is 4. The Morgan fingerprint density at radius 3 is 2.40 bits per heavy atom. The number of aliphatic imine (C=N–C) groups is 3. The summed E-state index contributed by atoms with van der Waals surface area (Å²) in [7, 11) is 0. The molecule has 5 nitrogen and oxygen atoms in total. The monoisotopic (exact) mass is 824 g/mol. The molecule has 5 heteroatoms. The van der Waals surface area contributed by atoms with Crippen molar-refractivity contribution >= 4 is 40.6 Å². The van der Waals surface area contributed by atoms with Crippen molar-refractivity contribution in [3.8, 4) is 24.0 Å². The largest absolute Gasteiger partial charge is 0.469 e. The van der Waals surface area contributed by atoms with Gasteiger partial charge >= 0.3 is 0 Å². The molecule has 0 saturated carbocycles. The second-order valence-corrected chi connectivity index (χ2v) is 16.0. The third-order valence-corrected chi connectivity index (χ3v) is 11.8. The highest BCUT2D eigenvalue weighted by Crippen LogP contribution is 2.37. The number of hydrogen-bond acceptors (Lipinski definition) is 2. The summed E-state index contributed by atoms with van der Waals surface area (Å²) in [5.74, 6) is 2.32. The molecule has 0 radical (unpaired) electrons. The highest BCUT2D eigenvalue weighted by atomic mass is 16.5. The van der Waals surface area contributed by atoms with Crippen LogP contribution in [0.3, 0.4) is 0 Å². The predicted molar refractivity (Wildman–Crippen MR) is 269 cm³/mol. The van der Waals surface area contributed by atoms with Crippen molar-refractivity contribution in [3.05, 3.63) is 214 Å². The number of fused-ring (bicyclic) bond motifs is 1. The molecule has 63 heavy (non-hydrogen) atoms. The van der Waals surface area contributed by atoms with Gasteiger partial charge in [0.2, 0.25) is 5.96 Å². The number of terminal acetylenes is 1. The van der Waals surface area contributed by atoms with Crippen LogP contribution in [0.2, 0.25) is 0 Å². The van der Waals surface area contributed by atoms with E-state index in [1.54, 1.807) is 0 Å². The number of ether oxygens (including phenoxy) is 1. The normalized spacial score (nSPS) is 19.1. The maximum Gasteiger partial charge on any atom is 0.236 e. The number of benzene rings is 4. The first-order valence-electron chi connectivity index (χ1n) is 21.8. The van der Waals surface area contributed by atoms with E-state index in [1.165, 1.54) is 27.8 Å². The second kappa shape index (κ2) is 20.5. The average molecular weight is 825 g/mol. The first-order valence-corrected chi connectivity index (χ1v) is 21.8. The zero-order chi connectivity index (χ0) is 44.3. The molecule has 1 atom stereocenters. The summed E-state index contributed by atoms with van der Waals surface area (Å²) in [4.78, 5) is 15.2. The fourth-order valence-electron chi connectivity index (χ4n) is 8.54. The number of amidine groups is 1. The van der Waals surface area contributed by atoms with Gasteiger partial charge in [0.1, 0.15) is 5.76 Å². The Morgan fingerprint density at radius 2 is 1.63 bits per heavy atom. The van der Waals surface area contributed by atoms with E-state index in [2.05, 4.69) is 209 Å². The maximum atomic E-state index is 6.14. The van der Waals surface area contributed by atoms with Crippen molar-refractivity contribution in [1.82, 2.24) is 4.57 Å². The Bertz CT molecular complexity index is 2860. The van der Waals surface area contributed by atoms with Gasteiger partial charge in [-0.25, -0.2) is 4.99 Å². The molecule has 5 aromatic rings. The van der Waals surface area contributed by atoms with E-state index in [9.17, 15) is 0 Å². The average Bonchev–Trinajstić information content (AvgIpc) is 3.61. The van der Waals surface area contributed by atoms with Crippen molar-refractivity contribution in [3.63, 3.8) is 0 Å². The van der Waals surface area contributed by atoms with Gasteiger partial charge < -0.3 is 4.74 Å². The predicted octanol–water partition coefficient (Wildman–Crippen LogP) is 14.5. The lowest BCUT2D eigenvalue weighted by molar-refractivity contribution is 0.326. The van der Waals surface area contributed by atoms with Crippen molar-refractivity contribution in [2.45, 2.75) is 66.8 Å². The fraction of sp³-hybridized carbons (Fsp3) is 0.190. The number of rotatable bonds is 7. The quantitative estimate of drug-likeness (QED) is 0.0916. The lowest BCUT2D eigenvalue weighted by Gasteiger charge is -2.19. The van der Waals surface area contributed by atoms with Gasteiger partial charge in [-0.3, -0.25) is 9.56 Å². The number of aromatic nitrogens is 1. The molecular formula is C58H56N4O. The molecule has 1 aliphatic heterocycles. The Balaban J connectivity index is 0.00000293. The molecule has 4 aromatic carbocycles. The summed E-state index contributed by atoms with van der Waals surface area (Å²) in [5, 5.41) is 1.13. The molecular weight excluding hydrogens is 769 g/mol. The number of hydrogen-bond donors (Lipinski definition) is 0. The first-order chi connectivity index (χ1) is 30.8. The standard InChI is InChI=1S/C56H54N4O.C2H2/c1-7-49(46-24-18-23-44(36-46)48-33-38(2)31-32-61-53-28-17-15-25-50(53)40(4)35-48)54-41(5)51-26-14-16-27-52(51)60(54)56(57-6)59-55(43-21-12-9-13-22-43)58-37-47-30-29-45(34-39(47)3)42-19-10-8-11-20-42;1-2/h7-8,10-12,14-16,18-27,29-36,38H,6,9,13,17,28,37H2,1-5H3;1-2H/b32-31+,40-35+,48-33+,49-7-,58-55?,59-56?;. The molecule has 0 saturated heterocycles. The first kappa shape index (κ1) is 43.8. The van der Waals surface area contributed by atoms with Crippen LogP contribution in [0.4, 0.5) is 0 Å². The van der Waals surface area contributed by atoms with E-state index in [4.69, 9.17) is 14.7 Å². The van der Waals surface area contributed by atoms with Gasteiger partial charge in [-0.05, 0) is 128 Å². The topological polar surface area (TPSA) is 51.2 Å². The van der Waals surface area contributed by atoms with E-state index in [-0.39, 0.29) is 5.92 Å². The fourth-order valence-corrected chi connectivity index (χ4v) is 8.54. The molecule has 0 bridgehead atoms. The van der Waals surface area contributed by atoms with Crippen LogP contribution in [-0.2, 0) is 11.3 Å². The van der Waals surface area contributed by atoms with Crippen molar-refractivity contribution in [2.24, 2.45) is 20.9 Å². The van der Waals surface area contributed by atoms with E-state index in [1.807, 2.05) is 12.3 Å². The number of allylic oxidation sites excluding steroid dienone is 12. The van der Waals surface area contributed by atoms with Gasteiger partial charge in [0.15, 0.2) is 5.84 Å². The molecule has 3 aliphatic rings. The van der Waals surface area contributed by atoms with Gasteiger partial charge in [-0.2, -0.15) is 4.99 Å². The van der Waals surface area contributed by atoms with Crippen LogP contribution in [-0.4, -0.2) is 23.1 Å². The molecule has 0 fully saturated rings. The maximum absolute atomic E-state index is 6.14. The van der Waals surface area contributed by atoms with Crippen molar-refractivity contribution in [1.29, 1.82) is 0 Å². The van der Waals surface area contributed by atoms with E-state index >= 15 is 0 Å². The van der Waals surface area contributed by atoms with Gasteiger partial charge in [0.05, 0.1) is 24.0 Å². The minimum atomic E-state index is 0.176. The summed E-state index contributed by atoms with van der Waals surface area (Å²) in [6.07, 6.45) is 33.6. The highest BCUT2D eigenvalue weighted by molar-refractivity contribution is 6.12. The Hall–Kier alpha value is -7.29. The summed E-state index contributed by atoms with van der Waals surface area (Å²) < 4.78 is 8.31. The van der Waals surface area contributed by atoms with Crippen molar-refractivity contribution < 1.29 is 4.74 Å². The van der Waals surface area contributed by atoms with E-state index in [0.29, 0.717) is 18.3 Å². The Labute approximate surface area is 374 Å². The lowest BCUT2D eigenvalue weighted by atomic mass is 9.91. The van der Waals surface area contributed by atoms with Crippen LogP contribution in [0.25, 0.3) is 33.2 Å². The van der Waals surface area contributed by atoms with Crippen LogP contribution in [0.1, 0.15) is 80.0 Å². The zero-order valence-electron chi connectivity index (χ0n) is 37.2. The second-order valence-electron chi connectivity index (χ2n) is 16.0. The van der Waals surface area contributed by atoms with E-state index in [0.717, 1.165) is 87.0 Å². The molecule has 0 N–H and O–H groups in total. The molecule has 2 aliphatic carbocycles. The molecule has 8 rings (SSSR count). The smallest absolute Gasteiger partial charge is 0.236 e. The third kappa shape index (κ3) is 9.77. The minimum Gasteiger partial charge on any atom is -0.469 e. The molecule has 1 unspecified atom stereocenters.